The first-order valence-electron chi connectivity index (χ1n) is 9.93. The molecule has 9 heteroatoms. The standard InChI is InChI=1S/C21H25N5O3S/c1-12(2)18-11-17(19-13(3)24-26(4)20(19)23-18)21(27)22-15-6-5-7-16(10-15)30(28,29)25-14-8-9-14/h5-7,10-12,14,25H,8-9H2,1-4H3,(H,22,27). The number of carbonyl (C=O) groups is 1. The predicted molar refractivity (Wildman–Crippen MR) is 115 cm³/mol. The normalized spacial score (nSPS) is 14.4. The van der Waals surface area contributed by atoms with Gasteiger partial charge in [-0.15, -0.1) is 0 Å². The smallest absolute Gasteiger partial charge is 0.256 e. The van der Waals surface area contributed by atoms with E-state index in [1.165, 1.54) is 12.1 Å². The van der Waals surface area contributed by atoms with Crippen LogP contribution >= 0.6 is 0 Å². The molecule has 0 atom stereocenters. The van der Waals surface area contributed by atoms with Crippen LogP contribution in [-0.2, 0) is 17.1 Å². The first kappa shape index (κ1) is 20.5. The van der Waals surface area contributed by atoms with Crippen LogP contribution in [0, 0.1) is 6.92 Å². The third kappa shape index (κ3) is 3.95. The molecule has 0 bridgehead atoms. The van der Waals surface area contributed by atoms with Gasteiger partial charge in [0.25, 0.3) is 5.91 Å². The van der Waals surface area contributed by atoms with Crippen molar-refractivity contribution >= 4 is 32.7 Å². The Bertz CT molecular complexity index is 1240. The van der Waals surface area contributed by atoms with E-state index in [1.54, 1.807) is 29.9 Å². The zero-order chi connectivity index (χ0) is 21.6. The highest BCUT2D eigenvalue weighted by molar-refractivity contribution is 7.89. The van der Waals surface area contributed by atoms with E-state index in [4.69, 9.17) is 0 Å². The van der Waals surface area contributed by atoms with Gasteiger partial charge < -0.3 is 5.32 Å². The molecule has 0 aliphatic heterocycles. The van der Waals surface area contributed by atoms with E-state index in [2.05, 4.69) is 20.1 Å². The summed E-state index contributed by atoms with van der Waals surface area (Å²) < 4.78 is 29.3. The van der Waals surface area contributed by atoms with Gasteiger partial charge in [-0.3, -0.25) is 9.48 Å². The topological polar surface area (TPSA) is 106 Å². The number of fused-ring (bicyclic) bond motifs is 1. The van der Waals surface area contributed by atoms with E-state index in [1.807, 2.05) is 20.8 Å². The number of rotatable bonds is 6. The van der Waals surface area contributed by atoms with Crippen LogP contribution in [0.15, 0.2) is 35.2 Å². The molecule has 8 nitrogen and oxygen atoms in total. The molecule has 1 amide bonds. The Kier molecular flexibility index (Phi) is 5.11. The second-order valence-electron chi connectivity index (χ2n) is 8.03. The van der Waals surface area contributed by atoms with Crippen molar-refractivity contribution in [1.82, 2.24) is 19.5 Å². The van der Waals surface area contributed by atoms with E-state index in [0.717, 1.165) is 18.5 Å². The quantitative estimate of drug-likeness (QED) is 0.629. The molecule has 3 aromatic rings. The second-order valence-corrected chi connectivity index (χ2v) is 9.75. The minimum atomic E-state index is -3.60. The van der Waals surface area contributed by atoms with Crippen molar-refractivity contribution in [3.05, 3.63) is 47.3 Å². The third-order valence-corrected chi connectivity index (χ3v) is 6.64. The van der Waals surface area contributed by atoms with Crippen molar-refractivity contribution in [2.45, 2.75) is 50.5 Å². The maximum atomic E-state index is 13.2. The molecule has 1 aromatic carbocycles. The van der Waals surface area contributed by atoms with Crippen LogP contribution in [0.2, 0.25) is 0 Å². The van der Waals surface area contributed by atoms with E-state index >= 15 is 0 Å². The molecule has 2 N–H and O–H groups in total. The first-order valence-corrected chi connectivity index (χ1v) is 11.4. The molecule has 1 aliphatic carbocycles. The highest BCUT2D eigenvalue weighted by Crippen LogP contribution is 2.27. The molecule has 4 rings (SSSR count). The lowest BCUT2D eigenvalue weighted by Gasteiger charge is -2.12. The fourth-order valence-electron chi connectivity index (χ4n) is 3.37. The van der Waals surface area contributed by atoms with Gasteiger partial charge in [0.2, 0.25) is 10.0 Å². The maximum Gasteiger partial charge on any atom is 0.256 e. The molecule has 2 heterocycles. The van der Waals surface area contributed by atoms with E-state index in [9.17, 15) is 13.2 Å². The summed E-state index contributed by atoms with van der Waals surface area (Å²) in [6, 6.07) is 8.08. The molecular formula is C21H25N5O3S. The number of carbonyl (C=O) groups excluding carboxylic acids is 1. The summed E-state index contributed by atoms with van der Waals surface area (Å²) in [5.41, 5.74) is 3.04. The second kappa shape index (κ2) is 7.48. The minimum Gasteiger partial charge on any atom is -0.322 e. The van der Waals surface area contributed by atoms with Gasteiger partial charge in [0.15, 0.2) is 5.65 Å². The molecule has 1 fully saturated rings. The van der Waals surface area contributed by atoms with Gasteiger partial charge in [-0.05, 0) is 49.9 Å². The van der Waals surface area contributed by atoms with Crippen molar-refractivity contribution in [2.75, 3.05) is 5.32 Å². The summed E-state index contributed by atoms with van der Waals surface area (Å²) in [5.74, 6) is -0.191. The summed E-state index contributed by atoms with van der Waals surface area (Å²) in [5, 5.41) is 7.94. The SMILES string of the molecule is Cc1nn(C)c2nc(C(C)C)cc(C(=O)Nc3cccc(S(=O)(=O)NC4CC4)c3)c12. The maximum absolute atomic E-state index is 13.2. The number of nitrogens with one attached hydrogen (secondary N) is 2. The van der Waals surface area contributed by atoms with Crippen LogP contribution in [0.3, 0.4) is 0 Å². The fourth-order valence-corrected chi connectivity index (χ4v) is 4.72. The van der Waals surface area contributed by atoms with Gasteiger partial charge in [0.1, 0.15) is 0 Å². The van der Waals surface area contributed by atoms with Gasteiger partial charge in [-0.1, -0.05) is 19.9 Å². The van der Waals surface area contributed by atoms with Crippen LogP contribution in [0.25, 0.3) is 11.0 Å². The Morgan fingerprint density at radius 2 is 1.97 bits per heavy atom. The molecule has 0 saturated heterocycles. The van der Waals surface area contributed by atoms with Crippen LogP contribution in [-0.4, -0.2) is 35.1 Å². The van der Waals surface area contributed by atoms with Crippen LogP contribution in [0.1, 0.15) is 54.4 Å². The summed E-state index contributed by atoms with van der Waals surface area (Å²) in [6.45, 7) is 5.87. The molecule has 30 heavy (non-hydrogen) atoms. The summed E-state index contributed by atoms with van der Waals surface area (Å²) in [4.78, 5) is 18.0. The number of benzene rings is 1. The fraction of sp³-hybridized carbons (Fsp3) is 0.381. The van der Waals surface area contributed by atoms with Crippen molar-refractivity contribution < 1.29 is 13.2 Å². The average molecular weight is 428 g/mol. The van der Waals surface area contributed by atoms with E-state index in [-0.39, 0.29) is 22.8 Å². The number of pyridine rings is 1. The Balaban J connectivity index is 1.69. The van der Waals surface area contributed by atoms with Gasteiger partial charge in [0.05, 0.1) is 21.5 Å². The number of hydrogen-bond acceptors (Lipinski definition) is 5. The lowest BCUT2D eigenvalue weighted by atomic mass is 10.0. The lowest BCUT2D eigenvalue weighted by molar-refractivity contribution is 0.102. The highest BCUT2D eigenvalue weighted by Gasteiger charge is 2.28. The van der Waals surface area contributed by atoms with Gasteiger partial charge in [0, 0.05) is 24.5 Å². The number of sulfonamides is 1. The van der Waals surface area contributed by atoms with Crippen molar-refractivity contribution in [1.29, 1.82) is 0 Å². The van der Waals surface area contributed by atoms with Crippen LogP contribution < -0.4 is 10.0 Å². The minimum absolute atomic E-state index is 0.0151. The number of nitrogens with zero attached hydrogens (tertiary/aromatic N) is 3. The van der Waals surface area contributed by atoms with Gasteiger partial charge in [-0.2, -0.15) is 5.10 Å². The zero-order valence-corrected chi connectivity index (χ0v) is 18.2. The Hall–Kier alpha value is -2.78. The number of aromatic nitrogens is 3. The zero-order valence-electron chi connectivity index (χ0n) is 17.4. The monoisotopic (exact) mass is 427 g/mol. The molecule has 0 unspecified atom stereocenters. The Morgan fingerprint density at radius 1 is 1.23 bits per heavy atom. The number of amides is 1. The van der Waals surface area contributed by atoms with Crippen LogP contribution in [0.5, 0.6) is 0 Å². The molecule has 1 aliphatic rings. The van der Waals surface area contributed by atoms with Gasteiger partial charge >= 0.3 is 0 Å². The molecule has 0 spiro atoms. The largest absolute Gasteiger partial charge is 0.322 e. The predicted octanol–water partition coefficient (Wildman–Crippen LogP) is 3.09. The molecule has 2 aromatic heterocycles. The summed E-state index contributed by atoms with van der Waals surface area (Å²) in [7, 11) is -1.80. The van der Waals surface area contributed by atoms with E-state index in [0.29, 0.717) is 28.0 Å². The Labute approximate surface area is 175 Å². The molecule has 0 radical (unpaired) electrons. The Morgan fingerprint density at radius 3 is 2.63 bits per heavy atom. The lowest BCUT2D eigenvalue weighted by Crippen LogP contribution is -2.25. The molecule has 1 saturated carbocycles. The summed E-state index contributed by atoms with van der Waals surface area (Å²) in [6.07, 6.45) is 1.71. The molecular weight excluding hydrogens is 402 g/mol. The van der Waals surface area contributed by atoms with Crippen LogP contribution in [0.4, 0.5) is 5.69 Å². The first-order chi connectivity index (χ1) is 14.2. The number of hydrogen-bond donors (Lipinski definition) is 2. The average Bonchev–Trinajstić information content (AvgIpc) is 3.44. The highest BCUT2D eigenvalue weighted by atomic mass is 32.2. The number of aryl methyl sites for hydroxylation is 2. The third-order valence-electron chi connectivity index (χ3n) is 5.13. The van der Waals surface area contributed by atoms with Crippen molar-refractivity contribution in [3.8, 4) is 0 Å². The van der Waals surface area contributed by atoms with E-state index < -0.39 is 10.0 Å². The number of anilines is 1. The summed E-state index contributed by atoms with van der Waals surface area (Å²) >= 11 is 0. The van der Waals surface area contributed by atoms with Crippen molar-refractivity contribution in [2.24, 2.45) is 7.05 Å². The van der Waals surface area contributed by atoms with Gasteiger partial charge in [-0.25, -0.2) is 18.1 Å². The molecule has 158 valence electrons. The van der Waals surface area contributed by atoms with Crippen molar-refractivity contribution in [3.63, 3.8) is 0 Å².